The normalized spacial score (nSPS) is 24.9. The molecule has 0 bridgehead atoms. The van der Waals surface area contributed by atoms with Gasteiger partial charge in [0, 0.05) is 19.3 Å². The highest BCUT2D eigenvalue weighted by atomic mass is 16.5. The number of hydrogen-bond acceptors (Lipinski definition) is 5. The molecule has 0 aliphatic heterocycles. The quantitative estimate of drug-likeness (QED) is 0.836. The summed E-state index contributed by atoms with van der Waals surface area (Å²) in [6, 6.07) is 2.40. The molecule has 2 aliphatic carbocycles. The van der Waals surface area contributed by atoms with Crippen molar-refractivity contribution in [3.8, 4) is 0 Å². The van der Waals surface area contributed by atoms with E-state index in [1.165, 1.54) is 25.5 Å². The Hall–Kier alpha value is -1.62. The van der Waals surface area contributed by atoms with Gasteiger partial charge in [-0.2, -0.15) is 0 Å². The van der Waals surface area contributed by atoms with E-state index in [4.69, 9.17) is 9.47 Å². The molecule has 1 aromatic rings. The number of aromatic nitrogens is 1. The van der Waals surface area contributed by atoms with E-state index in [9.17, 15) is 4.79 Å². The molecule has 1 N–H and O–H groups in total. The van der Waals surface area contributed by atoms with Crippen LogP contribution < -0.4 is 5.32 Å². The second kappa shape index (κ2) is 5.40. The Bertz CT molecular complexity index is 508. The molecule has 0 radical (unpaired) electrons. The smallest absolute Gasteiger partial charge is 0.358 e. The molecule has 0 atom stereocenters. The summed E-state index contributed by atoms with van der Waals surface area (Å²) in [5.74, 6) is 0.223. The Labute approximate surface area is 118 Å². The van der Waals surface area contributed by atoms with Crippen LogP contribution in [0.2, 0.25) is 0 Å². The number of rotatable bonds is 5. The van der Waals surface area contributed by atoms with Gasteiger partial charge in [0.25, 0.3) is 0 Å². The second-order valence-corrected chi connectivity index (χ2v) is 5.60. The third-order valence-electron chi connectivity index (χ3n) is 4.12. The van der Waals surface area contributed by atoms with Crippen molar-refractivity contribution in [1.29, 1.82) is 0 Å². The molecule has 2 aliphatic rings. The van der Waals surface area contributed by atoms with Gasteiger partial charge in [-0.05, 0) is 43.2 Å². The lowest BCUT2D eigenvalue weighted by Crippen LogP contribution is -2.40. The maximum atomic E-state index is 11.8. The number of anilines is 1. The minimum atomic E-state index is -0.391. The Morgan fingerprint density at radius 2 is 2.10 bits per heavy atom. The maximum Gasteiger partial charge on any atom is 0.358 e. The van der Waals surface area contributed by atoms with Crippen LogP contribution in [-0.2, 0) is 9.47 Å². The first kappa shape index (κ1) is 13.4. The zero-order chi connectivity index (χ0) is 14.1. The summed E-state index contributed by atoms with van der Waals surface area (Å²) in [5, 5.41) is 3.41. The highest BCUT2D eigenvalue weighted by Gasteiger charge is 2.31. The van der Waals surface area contributed by atoms with Crippen LogP contribution in [0.15, 0.2) is 12.3 Å². The molecule has 108 valence electrons. The van der Waals surface area contributed by atoms with E-state index in [0.29, 0.717) is 23.8 Å². The number of nitrogens with one attached hydrogen (secondary N) is 1. The summed E-state index contributed by atoms with van der Waals surface area (Å²) in [6.45, 7) is 0. The maximum absolute atomic E-state index is 11.8. The number of hydrogen-bond donors (Lipinski definition) is 1. The largest absolute Gasteiger partial charge is 0.464 e. The van der Waals surface area contributed by atoms with Gasteiger partial charge in [-0.15, -0.1) is 0 Å². The van der Waals surface area contributed by atoms with Gasteiger partial charge in [0.15, 0.2) is 5.69 Å². The van der Waals surface area contributed by atoms with E-state index in [-0.39, 0.29) is 0 Å². The lowest BCUT2D eigenvalue weighted by atomic mass is 9.89. The van der Waals surface area contributed by atoms with Crippen LogP contribution in [0.1, 0.15) is 47.7 Å². The molecule has 5 nitrogen and oxygen atoms in total. The van der Waals surface area contributed by atoms with Crippen LogP contribution in [0.25, 0.3) is 0 Å². The van der Waals surface area contributed by atoms with Gasteiger partial charge < -0.3 is 14.8 Å². The average molecular weight is 276 g/mol. The van der Waals surface area contributed by atoms with Crippen molar-refractivity contribution in [2.24, 2.45) is 0 Å². The monoisotopic (exact) mass is 276 g/mol. The van der Waals surface area contributed by atoms with Crippen LogP contribution in [0, 0.1) is 0 Å². The molecule has 2 saturated carbocycles. The molecule has 3 rings (SSSR count). The Balaban J connectivity index is 1.78. The number of ether oxygens (including phenoxy) is 2. The van der Waals surface area contributed by atoms with Crippen molar-refractivity contribution in [3.63, 3.8) is 0 Å². The van der Waals surface area contributed by atoms with Crippen molar-refractivity contribution < 1.29 is 14.3 Å². The number of carbonyl (C=O) groups is 1. The van der Waals surface area contributed by atoms with E-state index in [0.717, 1.165) is 18.5 Å². The molecule has 0 aromatic carbocycles. The predicted molar refractivity (Wildman–Crippen MR) is 75.0 cm³/mol. The molecule has 0 unspecified atom stereocenters. The molecule has 20 heavy (non-hydrogen) atoms. The number of esters is 1. The molecule has 2 fully saturated rings. The van der Waals surface area contributed by atoms with Crippen molar-refractivity contribution in [2.45, 2.75) is 43.7 Å². The highest BCUT2D eigenvalue weighted by Crippen LogP contribution is 2.41. The first-order chi connectivity index (χ1) is 9.71. The zero-order valence-corrected chi connectivity index (χ0v) is 11.9. The van der Waals surface area contributed by atoms with Gasteiger partial charge in [-0.1, -0.05) is 0 Å². The Morgan fingerprint density at radius 1 is 1.35 bits per heavy atom. The summed E-state index contributed by atoms with van der Waals surface area (Å²) in [7, 11) is 3.11. The standard InChI is InChI=1S/C15H20N2O3/c1-19-12-6-11(7-12)17-13-5-10(9-3-4-9)8-16-14(13)15(18)20-2/h5,8-9,11-12,17H,3-4,6-7H2,1-2H3. The first-order valence-corrected chi connectivity index (χ1v) is 7.09. The van der Waals surface area contributed by atoms with Crippen LogP contribution in [0.4, 0.5) is 5.69 Å². The highest BCUT2D eigenvalue weighted by molar-refractivity contribution is 5.93. The SMILES string of the molecule is COC(=O)c1ncc(C2CC2)cc1NC1CC(OC)C1. The third kappa shape index (κ3) is 2.63. The topological polar surface area (TPSA) is 60.5 Å². The van der Waals surface area contributed by atoms with Gasteiger partial charge in [-0.3, -0.25) is 0 Å². The van der Waals surface area contributed by atoms with E-state index in [2.05, 4.69) is 16.4 Å². The predicted octanol–water partition coefficient (Wildman–Crippen LogP) is 2.33. The third-order valence-corrected chi connectivity index (χ3v) is 4.12. The molecule has 1 aromatic heterocycles. The fourth-order valence-electron chi connectivity index (χ4n) is 2.59. The lowest BCUT2D eigenvalue weighted by Gasteiger charge is -2.35. The van der Waals surface area contributed by atoms with Crippen LogP contribution in [0.3, 0.4) is 0 Å². The van der Waals surface area contributed by atoms with Gasteiger partial charge in [-0.25, -0.2) is 9.78 Å². The van der Waals surface area contributed by atoms with Crippen LogP contribution in [-0.4, -0.2) is 37.3 Å². The molecular formula is C15H20N2O3. The summed E-state index contributed by atoms with van der Waals surface area (Å²) >= 11 is 0. The minimum absolute atomic E-state index is 0.327. The van der Waals surface area contributed by atoms with Crippen molar-refractivity contribution in [3.05, 3.63) is 23.5 Å². The fourth-order valence-corrected chi connectivity index (χ4v) is 2.59. The summed E-state index contributed by atoms with van der Waals surface area (Å²) in [5.41, 5.74) is 2.38. The molecule has 5 heteroatoms. The van der Waals surface area contributed by atoms with E-state index in [1.54, 1.807) is 13.3 Å². The van der Waals surface area contributed by atoms with Gasteiger partial charge in [0.05, 0.1) is 18.9 Å². The summed E-state index contributed by atoms with van der Waals surface area (Å²) in [4.78, 5) is 16.1. The molecular weight excluding hydrogens is 256 g/mol. The lowest BCUT2D eigenvalue weighted by molar-refractivity contribution is 0.0328. The number of pyridine rings is 1. The average Bonchev–Trinajstić information content (AvgIpc) is 3.25. The first-order valence-electron chi connectivity index (χ1n) is 7.09. The van der Waals surface area contributed by atoms with Crippen molar-refractivity contribution in [2.75, 3.05) is 19.5 Å². The van der Waals surface area contributed by atoms with Crippen LogP contribution >= 0.6 is 0 Å². The van der Waals surface area contributed by atoms with E-state index < -0.39 is 5.97 Å². The molecule has 0 spiro atoms. The minimum Gasteiger partial charge on any atom is -0.464 e. The van der Waals surface area contributed by atoms with Crippen molar-refractivity contribution in [1.82, 2.24) is 4.98 Å². The van der Waals surface area contributed by atoms with E-state index >= 15 is 0 Å². The van der Waals surface area contributed by atoms with E-state index in [1.807, 2.05) is 0 Å². The fraction of sp³-hybridized carbons (Fsp3) is 0.600. The Morgan fingerprint density at radius 3 is 2.70 bits per heavy atom. The zero-order valence-electron chi connectivity index (χ0n) is 11.9. The van der Waals surface area contributed by atoms with Crippen LogP contribution in [0.5, 0.6) is 0 Å². The number of nitrogens with zero attached hydrogens (tertiary/aromatic N) is 1. The summed E-state index contributed by atoms with van der Waals surface area (Å²) in [6.07, 6.45) is 6.49. The number of carbonyl (C=O) groups excluding carboxylic acids is 1. The summed E-state index contributed by atoms with van der Waals surface area (Å²) < 4.78 is 10.1. The molecule has 0 saturated heterocycles. The molecule has 0 amide bonds. The van der Waals surface area contributed by atoms with Crippen molar-refractivity contribution >= 4 is 11.7 Å². The number of methoxy groups -OCH3 is 2. The van der Waals surface area contributed by atoms with Gasteiger partial charge in [0.2, 0.25) is 0 Å². The molecule has 1 heterocycles. The second-order valence-electron chi connectivity index (χ2n) is 5.60. The van der Waals surface area contributed by atoms with Gasteiger partial charge in [0.1, 0.15) is 0 Å². The van der Waals surface area contributed by atoms with Gasteiger partial charge >= 0.3 is 5.97 Å². The Kier molecular flexibility index (Phi) is 3.61.